The Labute approximate surface area is 84.7 Å². The third-order valence-electron chi connectivity index (χ3n) is 1.67. The van der Waals surface area contributed by atoms with Crippen molar-refractivity contribution < 1.29 is 9.84 Å². The molecule has 0 bridgehead atoms. The predicted octanol–water partition coefficient (Wildman–Crippen LogP) is 1.73. The first-order valence-electron chi connectivity index (χ1n) is 4.69. The van der Waals surface area contributed by atoms with Crippen LogP contribution in [0.5, 0.6) is 5.75 Å². The van der Waals surface area contributed by atoms with Gasteiger partial charge in [-0.1, -0.05) is 18.2 Å². The normalized spacial score (nSPS) is 13.7. The second-order valence-corrected chi connectivity index (χ2v) is 3.75. The number of aliphatic hydroxyl groups excluding tert-OH is 1. The van der Waals surface area contributed by atoms with Gasteiger partial charge in [0.2, 0.25) is 0 Å². The van der Waals surface area contributed by atoms with Gasteiger partial charge in [-0.2, -0.15) is 0 Å². The van der Waals surface area contributed by atoms with Gasteiger partial charge in [0.25, 0.3) is 0 Å². The lowest BCUT2D eigenvalue weighted by molar-refractivity contribution is 0.00737. The molecule has 1 aromatic rings. The molecule has 0 radical (unpaired) electrons. The lowest BCUT2D eigenvalue weighted by Crippen LogP contribution is -2.49. The van der Waals surface area contributed by atoms with Gasteiger partial charge in [0.15, 0.2) is 5.72 Å². The summed E-state index contributed by atoms with van der Waals surface area (Å²) in [6.45, 7) is 5.40. The molecule has 78 valence electrons. The molecule has 3 nitrogen and oxygen atoms in total. The van der Waals surface area contributed by atoms with E-state index in [1.54, 1.807) is 6.92 Å². The van der Waals surface area contributed by atoms with Crippen LogP contribution < -0.4 is 10.1 Å². The van der Waals surface area contributed by atoms with Gasteiger partial charge in [-0.25, -0.2) is 0 Å². The molecule has 2 N–H and O–H groups in total. The average molecular weight is 195 g/mol. The maximum Gasteiger partial charge on any atom is 0.157 e. The zero-order valence-corrected chi connectivity index (χ0v) is 8.82. The molecule has 1 atom stereocenters. The van der Waals surface area contributed by atoms with Crippen LogP contribution in [0.15, 0.2) is 30.3 Å². The van der Waals surface area contributed by atoms with Gasteiger partial charge in [-0.15, -0.1) is 0 Å². The smallest absolute Gasteiger partial charge is 0.157 e. The van der Waals surface area contributed by atoms with Crippen LogP contribution in [0.25, 0.3) is 0 Å². The zero-order chi connectivity index (χ0) is 10.6. The van der Waals surface area contributed by atoms with Crippen molar-refractivity contribution in [3.05, 3.63) is 30.3 Å². The first-order valence-corrected chi connectivity index (χ1v) is 4.69. The fourth-order valence-corrected chi connectivity index (χ4v) is 1.32. The number of nitrogens with one attached hydrogen (secondary N) is 1. The van der Waals surface area contributed by atoms with Crippen LogP contribution in [-0.4, -0.2) is 17.1 Å². The van der Waals surface area contributed by atoms with Crippen molar-refractivity contribution in [2.24, 2.45) is 0 Å². The number of hydrogen-bond donors (Lipinski definition) is 2. The number of para-hydroxylation sites is 1. The minimum absolute atomic E-state index is 0.574. The van der Waals surface area contributed by atoms with E-state index >= 15 is 0 Å². The highest BCUT2D eigenvalue weighted by Gasteiger charge is 2.20. The third kappa shape index (κ3) is 3.77. The second-order valence-electron chi connectivity index (χ2n) is 3.75. The molecule has 0 saturated carbocycles. The Balaban J connectivity index is 2.59. The van der Waals surface area contributed by atoms with Crippen molar-refractivity contribution in [2.75, 3.05) is 0 Å². The lowest BCUT2D eigenvalue weighted by atomic mass is 10.3. The number of hydrogen-bond acceptors (Lipinski definition) is 3. The van der Waals surface area contributed by atoms with Gasteiger partial charge < -0.3 is 9.84 Å². The quantitative estimate of drug-likeness (QED) is 0.719. The summed E-state index contributed by atoms with van der Waals surface area (Å²) in [5.41, 5.74) is -0.574. The number of rotatable bonds is 4. The van der Waals surface area contributed by atoms with E-state index in [0.717, 1.165) is 5.75 Å². The van der Waals surface area contributed by atoms with Crippen LogP contribution in [0.4, 0.5) is 0 Å². The fraction of sp³-hybridized carbons (Fsp3) is 0.455. The summed E-state index contributed by atoms with van der Waals surface area (Å²) in [7, 11) is 0. The minimum Gasteiger partial charge on any atom is -0.473 e. The Morgan fingerprint density at radius 1 is 1.29 bits per heavy atom. The molecule has 0 aromatic heterocycles. The summed E-state index contributed by atoms with van der Waals surface area (Å²) in [5, 5.41) is 12.1. The topological polar surface area (TPSA) is 41.5 Å². The molecular weight excluding hydrogens is 178 g/mol. The summed E-state index contributed by atoms with van der Waals surface area (Å²) in [4.78, 5) is 0. The second kappa shape index (κ2) is 4.44. The maximum atomic E-state index is 9.17. The van der Waals surface area contributed by atoms with Crippen LogP contribution >= 0.6 is 0 Å². The van der Waals surface area contributed by atoms with Crippen LogP contribution in [-0.2, 0) is 0 Å². The average Bonchev–Trinajstić information content (AvgIpc) is 2.02. The Bertz CT molecular complexity index is 270. The van der Waals surface area contributed by atoms with E-state index in [9.17, 15) is 5.11 Å². The molecule has 14 heavy (non-hydrogen) atoms. The number of ether oxygens (including phenoxy) is 1. The van der Waals surface area contributed by atoms with E-state index in [4.69, 9.17) is 4.74 Å². The summed E-state index contributed by atoms with van der Waals surface area (Å²) in [6.07, 6.45) is -0.589. The highest BCUT2D eigenvalue weighted by atomic mass is 16.5. The molecule has 0 saturated heterocycles. The van der Waals surface area contributed by atoms with Crippen molar-refractivity contribution >= 4 is 0 Å². The standard InChI is InChI=1S/C11H17NO2/c1-9(13)12-11(2,3)14-10-7-5-4-6-8-10/h4-9,12-13H,1-3H3. The molecule has 3 heteroatoms. The van der Waals surface area contributed by atoms with Crippen molar-refractivity contribution in [1.82, 2.24) is 5.32 Å². The van der Waals surface area contributed by atoms with Crippen molar-refractivity contribution in [3.8, 4) is 5.75 Å². The van der Waals surface area contributed by atoms with Crippen molar-refractivity contribution in [2.45, 2.75) is 32.7 Å². The third-order valence-corrected chi connectivity index (χ3v) is 1.67. The van der Waals surface area contributed by atoms with Crippen molar-refractivity contribution in [1.29, 1.82) is 0 Å². The molecule has 0 spiro atoms. The van der Waals surface area contributed by atoms with E-state index in [0.29, 0.717) is 0 Å². The Morgan fingerprint density at radius 2 is 1.86 bits per heavy atom. The highest BCUT2D eigenvalue weighted by molar-refractivity contribution is 5.21. The van der Waals surface area contributed by atoms with Gasteiger partial charge in [0.1, 0.15) is 12.0 Å². The summed E-state index contributed by atoms with van der Waals surface area (Å²) in [5.74, 6) is 0.783. The van der Waals surface area contributed by atoms with E-state index in [-0.39, 0.29) is 0 Å². The van der Waals surface area contributed by atoms with Crippen LogP contribution in [0.1, 0.15) is 20.8 Å². The number of aliphatic hydroxyl groups is 1. The highest BCUT2D eigenvalue weighted by Crippen LogP contribution is 2.15. The molecule has 0 aliphatic heterocycles. The summed E-state index contributed by atoms with van der Waals surface area (Å²) < 4.78 is 5.64. The Hall–Kier alpha value is -1.06. The number of benzene rings is 1. The Kier molecular flexibility index (Phi) is 3.49. The molecule has 0 amide bonds. The SMILES string of the molecule is CC(O)NC(C)(C)Oc1ccccc1. The molecule has 1 aromatic carbocycles. The summed E-state index contributed by atoms with van der Waals surface area (Å²) in [6, 6.07) is 9.51. The maximum absolute atomic E-state index is 9.17. The monoisotopic (exact) mass is 195 g/mol. The molecule has 0 aliphatic rings. The van der Waals surface area contributed by atoms with Crippen LogP contribution in [0, 0.1) is 0 Å². The Morgan fingerprint density at radius 3 is 2.36 bits per heavy atom. The van der Waals surface area contributed by atoms with Gasteiger partial charge in [0.05, 0.1) is 0 Å². The lowest BCUT2D eigenvalue weighted by Gasteiger charge is -2.29. The van der Waals surface area contributed by atoms with Crippen LogP contribution in [0.2, 0.25) is 0 Å². The van der Waals surface area contributed by atoms with Gasteiger partial charge in [-0.3, -0.25) is 5.32 Å². The first kappa shape index (κ1) is 11.0. The van der Waals surface area contributed by atoms with E-state index < -0.39 is 12.0 Å². The minimum atomic E-state index is -0.589. The zero-order valence-electron chi connectivity index (χ0n) is 8.82. The molecule has 1 unspecified atom stereocenters. The van der Waals surface area contributed by atoms with Crippen LogP contribution in [0.3, 0.4) is 0 Å². The van der Waals surface area contributed by atoms with E-state index in [1.165, 1.54) is 0 Å². The largest absolute Gasteiger partial charge is 0.473 e. The van der Waals surface area contributed by atoms with Gasteiger partial charge in [-0.05, 0) is 32.9 Å². The fourth-order valence-electron chi connectivity index (χ4n) is 1.32. The molecule has 0 fully saturated rings. The molecule has 0 heterocycles. The van der Waals surface area contributed by atoms with Gasteiger partial charge >= 0.3 is 0 Å². The predicted molar refractivity (Wildman–Crippen MR) is 56.0 cm³/mol. The summed E-state index contributed by atoms with van der Waals surface area (Å²) >= 11 is 0. The molecule has 1 rings (SSSR count). The molecule has 0 aliphatic carbocycles. The van der Waals surface area contributed by atoms with Crippen molar-refractivity contribution in [3.63, 3.8) is 0 Å². The molecular formula is C11H17NO2. The van der Waals surface area contributed by atoms with E-state index in [2.05, 4.69) is 5.32 Å². The first-order chi connectivity index (χ1) is 6.49. The van der Waals surface area contributed by atoms with Gasteiger partial charge in [0, 0.05) is 0 Å². The van der Waals surface area contributed by atoms with E-state index in [1.807, 2.05) is 44.2 Å².